The van der Waals surface area contributed by atoms with Crippen LogP contribution in [0.2, 0.25) is 0 Å². The van der Waals surface area contributed by atoms with E-state index in [0.717, 1.165) is 71.3 Å². The second kappa shape index (κ2) is 7.29. The van der Waals surface area contributed by atoms with E-state index in [9.17, 15) is 4.39 Å². The molecule has 1 saturated carbocycles. The molecule has 0 radical (unpaired) electrons. The molecule has 0 bridgehead atoms. The lowest BCUT2D eigenvalue weighted by atomic mass is 9.92. The van der Waals surface area contributed by atoms with E-state index in [2.05, 4.69) is 21.2 Å². The fourth-order valence-corrected chi connectivity index (χ4v) is 5.60. The highest BCUT2D eigenvalue weighted by atomic mass is 19.1. The van der Waals surface area contributed by atoms with Gasteiger partial charge in [0.2, 0.25) is 0 Å². The summed E-state index contributed by atoms with van der Waals surface area (Å²) in [5.74, 6) is 0.0840. The Morgan fingerprint density at radius 1 is 1.20 bits per heavy atom. The van der Waals surface area contributed by atoms with E-state index in [1.165, 1.54) is 12.3 Å². The lowest BCUT2D eigenvalue weighted by Crippen LogP contribution is -2.23. The third-order valence-corrected chi connectivity index (χ3v) is 7.50. The third-order valence-electron chi connectivity index (χ3n) is 7.50. The molecule has 1 aliphatic heterocycles. The second-order valence-corrected chi connectivity index (χ2v) is 9.49. The van der Waals surface area contributed by atoms with Crippen LogP contribution in [-0.4, -0.2) is 52.8 Å². The van der Waals surface area contributed by atoms with Gasteiger partial charge in [0.1, 0.15) is 5.82 Å². The number of nitrogens with one attached hydrogen (secondary N) is 1. The number of nitrogens with zero attached hydrogens (tertiary/aromatic N) is 7. The van der Waals surface area contributed by atoms with Crippen LogP contribution >= 0.6 is 0 Å². The van der Waals surface area contributed by atoms with Gasteiger partial charge in [-0.1, -0.05) is 0 Å². The molecule has 2 fully saturated rings. The van der Waals surface area contributed by atoms with Crippen LogP contribution in [0, 0.1) is 25.6 Å². The van der Waals surface area contributed by atoms with Crippen molar-refractivity contribution in [3.05, 3.63) is 65.9 Å². The molecule has 0 amide bonds. The van der Waals surface area contributed by atoms with Crippen LogP contribution in [0.15, 0.2) is 43.0 Å². The SMILES string of the molecule is Cc1nn(-c2cncc(F)c2)c(C)c1-c1cc([C@]23CCOC[C@H]2C3)nc2c(-c3ccn[nH]3)cnn12. The number of aromatic nitrogens is 8. The van der Waals surface area contributed by atoms with Gasteiger partial charge in [0, 0.05) is 29.8 Å². The molecule has 9 nitrogen and oxygen atoms in total. The number of hydrogen-bond donors (Lipinski definition) is 1. The number of pyridine rings is 1. The molecule has 2 aliphatic rings. The molecule has 0 unspecified atom stereocenters. The van der Waals surface area contributed by atoms with Crippen molar-refractivity contribution in [2.75, 3.05) is 13.2 Å². The Hall–Kier alpha value is -3.92. The van der Waals surface area contributed by atoms with Gasteiger partial charge in [-0.05, 0) is 44.7 Å². The van der Waals surface area contributed by atoms with Gasteiger partial charge in [-0.15, -0.1) is 0 Å². The van der Waals surface area contributed by atoms with Crippen LogP contribution in [-0.2, 0) is 10.2 Å². The minimum absolute atomic E-state index is 0.0363. The summed E-state index contributed by atoms with van der Waals surface area (Å²) in [6.07, 6.45) is 8.38. The molecular weight excluding hydrogens is 447 g/mol. The summed E-state index contributed by atoms with van der Waals surface area (Å²) in [5.41, 5.74) is 7.76. The van der Waals surface area contributed by atoms with Gasteiger partial charge in [-0.2, -0.15) is 15.3 Å². The third kappa shape index (κ3) is 2.99. The Morgan fingerprint density at radius 2 is 2.11 bits per heavy atom. The Labute approximate surface area is 200 Å². The van der Waals surface area contributed by atoms with Crippen LogP contribution in [0.1, 0.15) is 29.9 Å². The van der Waals surface area contributed by atoms with Crippen molar-refractivity contribution in [3.8, 4) is 28.2 Å². The maximum atomic E-state index is 13.9. The number of aromatic amines is 1. The first-order valence-electron chi connectivity index (χ1n) is 11.7. The average molecular weight is 471 g/mol. The number of aryl methyl sites for hydroxylation is 1. The highest BCUT2D eigenvalue weighted by molar-refractivity contribution is 5.78. The van der Waals surface area contributed by atoms with E-state index in [4.69, 9.17) is 19.9 Å². The van der Waals surface area contributed by atoms with Crippen LogP contribution in [0.25, 0.3) is 33.8 Å². The van der Waals surface area contributed by atoms with E-state index in [0.29, 0.717) is 11.6 Å². The molecule has 1 N–H and O–H groups in total. The fraction of sp³-hybridized carbons (Fsp3) is 0.320. The summed E-state index contributed by atoms with van der Waals surface area (Å²) in [6, 6.07) is 5.51. The van der Waals surface area contributed by atoms with E-state index >= 15 is 0 Å². The van der Waals surface area contributed by atoms with Crippen LogP contribution in [0.3, 0.4) is 0 Å². The molecule has 176 valence electrons. The predicted octanol–water partition coefficient (Wildman–Crippen LogP) is 3.80. The van der Waals surface area contributed by atoms with Crippen molar-refractivity contribution in [1.82, 2.24) is 39.6 Å². The molecule has 7 rings (SSSR count). The van der Waals surface area contributed by atoms with Crippen molar-refractivity contribution in [3.63, 3.8) is 0 Å². The zero-order chi connectivity index (χ0) is 23.7. The first-order valence-corrected chi connectivity index (χ1v) is 11.7. The van der Waals surface area contributed by atoms with Crippen LogP contribution in [0.5, 0.6) is 0 Å². The summed E-state index contributed by atoms with van der Waals surface area (Å²) < 4.78 is 23.3. The standard InChI is InChI=1S/C25H23FN8O/c1-14-23(15(2)33(32-14)18-7-17(26)10-27-11-18)21-8-22(25-4-6-35-13-16(25)9-25)30-24-19(12-29-34(21)24)20-3-5-28-31-20/h3,5,7-8,10-12,16H,4,6,9,13H2,1-2H3,(H,28,31)/t16-,25+/m1/s1. The van der Waals surface area contributed by atoms with Gasteiger partial charge in [-0.3, -0.25) is 10.1 Å². The summed E-state index contributed by atoms with van der Waals surface area (Å²) >= 11 is 0. The summed E-state index contributed by atoms with van der Waals surface area (Å²) in [6.45, 7) is 5.47. The lowest BCUT2D eigenvalue weighted by Gasteiger charge is -2.23. The van der Waals surface area contributed by atoms with Gasteiger partial charge < -0.3 is 4.74 Å². The molecule has 1 saturated heterocycles. The first kappa shape index (κ1) is 20.5. The van der Waals surface area contributed by atoms with Crippen molar-refractivity contribution >= 4 is 5.65 Å². The molecule has 1 aliphatic carbocycles. The Kier molecular flexibility index (Phi) is 4.26. The maximum Gasteiger partial charge on any atom is 0.165 e. The van der Waals surface area contributed by atoms with Crippen molar-refractivity contribution in [2.24, 2.45) is 5.92 Å². The number of halogens is 1. The van der Waals surface area contributed by atoms with E-state index in [1.807, 2.05) is 30.6 Å². The Morgan fingerprint density at radius 3 is 2.91 bits per heavy atom. The molecule has 10 heteroatoms. The van der Waals surface area contributed by atoms with Gasteiger partial charge in [-0.25, -0.2) is 18.6 Å². The molecule has 0 aromatic carbocycles. The summed E-state index contributed by atoms with van der Waals surface area (Å²) in [7, 11) is 0. The zero-order valence-electron chi connectivity index (χ0n) is 19.4. The van der Waals surface area contributed by atoms with Crippen molar-refractivity contribution in [1.29, 1.82) is 0 Å². The largest absolute Gasteiger partial charge is 0.381 e. The first-order chi connectivity index (χ1) is 17.0. The van der Waals surface area contributed by atoms with Gasteiger partial charge in [0.15, 0.2) is 5.65 Å². The van der Waals surface area contributed by atoms with E-state index in [-0.39, 0.29) is 5.41 Å². The Balaban J connectivity index is 1.47. The number of fused-ring (bicyclic) bond motifs is 2. The van der Waals surface area contributed by atoms with Crippen LogP contribution in [0.4, 0.5) is 4.39 Å². The normalized spacial score (nSPS) is 21.4. The zero-order valence-corrected chi connectivity index (χ0v) is 19.4. The molecular formula is C25H23FN8O. The minimum Gasteiger partial charge on any atom is -0.381 e. The fourth-order valence-electron chi connectivity index (χ4n) is 5.60. The number of ether oxygens (including phenoxy) is 1. The lowest BCUT2D eigenvalue weighted by molar-refractivity contribution is 0.0795. The highest BCUT2D eigenvalue weighted by Crippen LogP contribution is 2.58. The van der Waals surface area contributed by atoms with Crippen molar-refractivity contribution < 1.29 is 9.13 Å². The molecule has 2 atom stereocenters. The molecule has 0 spiro atoms. The number of rotatable bonds is 4. The van der Waals surface area contributed by atoms with E-state index in [1.54, 1.807) is 17.1 Å². The van der Waals surface area contributed by atoms with Gasteiger partial charge in [0.05, 0.1) is 64.9 Å². The van der Waals surface area contributed by atoms with Crippen LogP contribution < -0.4 is 0 Å². The monoisotopic (exact) mass is 470 g/mol. The molecule has 5 aromatic rings. The summed E-state index contributed by atoms with van der Waals surface area (Å²) in [5, 5.41) is 16.6. The van der Waals surface area contributed by atoms with Crippen molar-refractivity contribution in [2.45, 2.75) is 32.1 Å². The predicted molar refractivity (Wildman–Crippen MR) is 126 cm³/mol. The average Bonchev–Trinajstić information content (AvgIpc) is 3.15. The smallest absolute Gasteiger partial charge is 0.165 e. The van der Waals surface area contributed by atoms with E-state index < -0.39 is 5.82 Å². The van der Waals surface area contributed by atoms with Gasteiger partial charge >= 0.3 is 0 Å². The molecule has 35 heavy (non-hydrogen) atoms. The Bertz CT molecular complexity index is 1590. The molecule has 5 aromatic heterocycles. The maximum absolute atomic E-state index is 13.9. The highest BCUT2D eigenvalue weighted by Gasteiger charge is 2.58. The topological polar surface area (TPSA) is 98.8 Å². The number of H-pyrrole nitrogens is 1. The molecule has 6 heterocycles. The number of hydrogen-bond acceptors (Lipinski definition) is 6. The quantitative estimate of drug-likeness (QED) is 0.429. The second-order valence-electron chi connectivity index (χ2n) is 9.49. The van der Waals surface area contributed by atoms with Gasteiger partial charge in [0.25, 0.3) is 0 Å². The summed E-state index contributed by atoms with van der Waals surface area (Å²) in [4.78, 5) is 9.16. The minimum atomic E-state index is -0.403.